The number of nitrogens with one attached hydrogen (secondary N) is 1. The Morgan fingerprint density at radius 1 is 1.53 bits per heavy atom. The Bertz CT molecular complexity index is 312. The van der Waals surface area contributed by atoms with Gasteiger partial charge in [-0.1, -0.05) is 0 Å². The minimum atomic E-state index is 0.497. The van der Waals surface area contributed by atoms with E-state index in [1.807, 2.05) is 0 Å². The van der Waals surface area contributed by atoms with Crippen molar-refractivity contribution in [1.29, 1.82) is 0 Å². The molecule has 3 N–H and O–H groups in total. The van der Waals surface area contributed by atoms with E-state index >= 15 is 0 Å². The summed E-state index contributed by atoms with van der Waals surface area (Å²) in [7, 11) is 0. The van der Waals surface area contributed by atoms with Gasteiger partial charge in [0.2, 0.25) is 0 Å². The Morgan fingerprint density at radius 3 is 3.20 bits per heavy atom. The van der Waals surface area contributed by atoms with E-state index in [0.29, 0.717) is 11.7 Å². The molecule has 82 valence electrons. The fourth-order valence-electron chi connectivity index (χ4n) is 1.68. The predicted molar refractivity (Wildman–Crippen MR) is 58.5 cm³/mol. The predicted octanol–water partition coefficient (Wildman–Crippen LogP) is 0.897. The highest BCUT2D eigenvalue weighted by Gasteiger charge is 2.14. The van der Waals surface area contributed by atoms with Crippen LogP contribution in [0.2, 0.25) is 0 Å². The molecule has 0 amide bonds. The van der Waals surface area contributed by atoms with Gasteiger partial charge in [0.1, 0.15) is 18.0 Å². The van der Waals surface area contributed by atoms with Gasteiger partial charge in [0.25, 0.3) is 0 Å². The number of anilines is 2. The van der Waals surface area contributed by atoms with Gasteiger partial charge in [0.05, 0.1) is 0 Å². The van der Waals surface area contributed by atoms with Crippen molar-refractivity contribution in [2.24, 2.45) is 5.92 Å². The number of ether oxygens (including phenoxy) is 1. The van der Waals surface area contributed by atoms with Crippen LogP contribution in [0.4, 0.5) is 11.6 Å². The first kappa shape index (κ1) is 10.2. The molecule has 0 radical (unpaired) electrons. The lowest BCUT2D eigenvalue weighted by atomic mass is 10.1. The van der Waals surface area contributed by atoms with Crippen LogP contribution in [-0.4, -0.2) is 29.7 Å². The van der Waals surface area contributed by atoms with Crippen molar-refractivity contribution in [1.82, 2.24) is 9.97 Å². The first-order chi connectivity index (χ1) is 7.34. The number of nitrogens with zero attached hydrogens (tertiary/aromatic N) is 2. The van der Waals surface area contributed by atoms with Crippen molar-refractivity contribution >= 4 is 11.6 Å². The summed E-state index contributed by atoms with van der Waals surface area (Å²) in [5, 5.41) is 3.23. The zero-order valence-corrected chi connectivity index (χ0v) is 8.65. The highest BCUT2D eigenvalue weighted by atomic mass is 16.5. The minimum Gasteiger partial charge on any atom is -0.384 e. The third-order valence-electron chi connectivity index (χ3n) is 2.57. The Labute approximate surface area is 89.1 Å². The van der Waals surface area contributed by atoms with Gasteiger partial charge in [-0.15, -0.1) is 0 Å². The largest absolute Gasteiger partial charge is 0.384 e. The lowest BCUT2D eigenvalue weighted by molar-refractivity contribution is 0.185. The van der Waals surface area contributed by atoms with Crippen LogP contribution in [0.15, 0.2) is 12.4 Å². The van der Waals surface area contributed by atoms with Gasteiger partial charge in [0, 0.05) is 25.8 Å². The second-order valence-electron chi connectivity index (χ2n) is 3.77. The van der Waals surface area contributed by atoms with E-state index < -0.39 is 0 Å². The summed E-state index contributed by atoms with van der Waals surface area (Å²) in [5.41, 5.74) is 5.54. The van der Waals surface area contributed by atoms with Gasteiger partial charge >= 0.3 is 0 Å². The molecule has 1 saturated heterocycles. The molecule has 0 bridgehead atoms. The van der Waals surface area contributed by atoms with Gasteiger partial charge in [-0.3, -0.25) is 0 Å². The van der Waals surface area contributed by atoms with Crippen LogP contribution >= 0.6 is 0 Å². The number of nitrogens with two attached hydrogens (primary N) is 1. The van der Waals surface area contributed by atoms with Gasteiger partial charge in [-0.25, -0.2) is 9.97 Å². The molecule has 0 saturated carbocycles. The van der Waals surface area contributed by atoms with Crippen LogP contribution < -0.4 is 11.1 Å². The molecule has 1 aromatic rings. The molecule has 2 rings (SSSR count). The molecule has 0 aliphatic carbocycles. The fourth-order valence-corrected chi connectivity index (χ4v) is 1.68. The zero-order valence-electron chi connectivity index (χ0n) is 8.65. The van der Waals surface area contributed by atoms with Crippen molar-refractivity contribution in [2.75, 3.05) is 30.8 Å². The third-order valence-corrected chi connectivity index (χ3v) is 2.57. The molecule has 1 aliphatic heterocycles. The van der Waals surface area contributed by atoms with E-state index in [0.717, 1.165) is 32.0 Å². The van der Waals surface area contributed by atoms with Crippen molar-refractivity contribution in [3.63, 3.8) is 0 Å². The summed E-state index contributed by atoms with van der Waals surface area (Å²) in [5.74, 6) is 1.98. The summed E-state index contributed by atoms with van der Waals surface area (Å²) >= 11 is 0. The number of aromatic nitrogens is 2. The van der Waals surface area contributed by atoms with E-state index in [-0.39, 0.29) is 0 Å². The van der Waals surface area contributed by atoms with Crippen LogP contribution in [0.5, 0.6) is 0 Å². The molecule has 1 aromatic heterocycles. The molecule has 5 nitrogen and oxygen atoms in total. The molecular weight excluding hydrogens is 192 g/mol. The first-order valence-corrected chi connectivity index (χ1v) is 5.24. The molecule has 1 unspecified atom stereocenters. The van der Waals surface area contributed by atoms with E-state index in [4.69, 9.17) is 10.5 Å². The fraction of sp³-hybridized carbons (Fsp3) is 0.600. The molecule has 2 heterocycles. The number of hydrogen-bond donors (Lipinski definition) is 2. The summed E-state index contributed by atoms with van der Waals surface area (Å²) in [6.45, 7) is 2.71. The van der Waals surface area contributed by atoms with Crippen molar-refractivity contribution in [3.8, 4) is 0 Å². The zero-order chi connectivity index (χ0) is 10.5. The molecule has 0 aromatic carbocycles. The van der Waals surface area contributed by atoms with Crippen LogP contribution in [0.1, 0.15) is 12.8 Å². The van der Waals surface area contributed by atoms with Crippen LogP contribution in [-0.2, 0) is 4.74 Å². The van der Waals surface area contributed by atoms with Gasteiger partial charge < -0.3 is 15.8 Å². The van der Waals surface area contributed by atoms with E-state index in [1.165, 1.54) is 12.7 Å². The topological polar surface area (TPSA) is 73.1 Å². The van der Waals surface area contributed by atoms with Crippen LogP contribution in [0.3, 0.4) is 0 Å². The minimum absolute atomic E-state index is 0.497. The maximum Gasteiger partial charge on any atom is 0.131 e. The molecule has 15 heavy (non-hydrogen) atoms. The number of nitrogen functional groups attached to an aromatic ring is 1. The van der Waals surface area contributed by atoms with Crippen LogP contribution in [0.25, 0.3) is 0 Å². The van der Waals surface area contributed by atoms with Crippen molar-refractivity contribution in [3.05, 3.63) is 12.4 Å². The Balaban J connectivity index is 1.73. The third kappa shape index (κ3) is 3.06. The molecule has 0 spiro atoms. The quantitative estimate of drug-likeness (QED) is 0.769. The number of rotatable bonds is 4. The van der Waals surface area contributed by atoms with Crippen molar-refractivity contribution < 1.29 is 4.74 Å². The maximum atomic E-state index is 5.54. The summed E-state index contributed by atoms with van der Waals surface area (Å²) < 4.78 is 5.31. The molecule has 5 heteroatoms. The smallest absolute Gasteiger partial charge is 0.131 e. The Hall–Kier alpha value is -1.36. The molecule has 1 fully saturated rings. The standard InChI is InChI=1S/C10H16N4O/c11-9-5-10(14-7-13-9)12-3-1-8-2-4-15-6-8/h5,7-8H,1-4,6H2,(H3,11,12,13,14). The van der Waals surface area contributed by atoms with E-state index in [1.54, 1.807) is 6.07 Å². The highest BCUT2D eigenvalue weighted by molar-refractivity contribution is 5.43. The second-order valence-corrected chi connectivity index (χ2v) is 3.77. The summed E-state index contributed by atoms with van der Waals surface area (Å²) in [6.07, 6.45) is 3.76. The Morgan fingerprint density at radius 2 is 2.47 bits per heavy atom. The van der Waals surface area contributed by atoms with Crippen molar-refractivity contribution in [2.45, 2.75) is 12.8 Å². The average molecular weight is 208 g/mol. The van der Waals surface area contributed by atoms with E-state index in [2.05, 4.69) is 15.3 Å². The highest BCUT2D eigenvalue weighted by Crippen LogP contribution is 2.16. The van der Waals surface area contributed by atoms with Gasteiger partial charge in [-0.2, -0.15) is 0 Å². The monoisotopic (exact) mass is 208 g/mol. The van der Waals surface area contributed by atoms with Crippen LogP contribution in [0, 0.1) is 5.92 Å². The molecular formula is C10H16N4O. The average Bonchev–Trinajstić information content (AvgIpc) is 2.71. The maximum absolute atomic E-state index is 5.54. The normalized spacial score (nSPS) is 20.4. The van der Waals surface area contributed by atoms with E-state index in [9.17, 15) is 0 Å². The Kier molecular flexibility index (Phi) is 3.34. The van der Waals surface area contributed by atoms with Gasteiger partial charge in [0.15, 0.2) is 0 Å². The van der Waals surface area contributed by atoms with Gasteiger partial charge in [-0.05, 0) is 18.8 Å². The summed E-state index contributed by atoms with van der Waals surface area (Å²) in [6, 6.07) is 1.74. The lowest BCUT2D eigenvalue weighted by Gasteiger charge is -2.08. The second kappa shape index (κ2) is 4.93. The number of hydrogen-bond acceptors (Lipinski definition) is 5. The summed E-state index contributed by atoms with van der Waals surface area (Å²) in [4.78, 5) is 7.90. The first-order valence-electron chi connectivity index (χ1n) is 5.24. The molecule has 1 atom stereocenters. The lowest BCUT2D eigenvalue weighted by Crippen LogP contribution is -2.10. The molecule has 1 aliphatic rings. The SMILES string of the molecule is Nc1cc(NCCC2CCOC2)ncn1.